The number of rotatable bonds is 1. The molecule has 108 valence electrons. The lowest BCUT2D eigenvalue weighted by atomic mass is 10.0. The van der Waals surface area contributed by atoms with Crippen LogP contribution < -0.4 is 11.3 Å². The van der Waals surface area contributed by atoms with Crippen molar-refractivity contribution < 1.29 is 20.1 Å². The average molecular weight is 283 g/mol. The molecule has 2 aromatic heterocycles. The fourth-order valence-electron chi connectivity index (χ4n) is 2.18. The Bertz CT molecular complexity index is 697. The Morgan fingerprint density at radius 2 is 2.15 bits per heavy atom. The van der Waals surface area contributed by atoms with Crippen molar-refractivity contribution in [2.24, 2.45) is 0 Å². The molecule has 6 N–H and O–H groups in total. The second-order valence-corrected chi connectivity index (χ2v) is 4.52. The van der Waals surface area contributed by atoms with Crippen LogP contribution in [0, 0.1) is 0 Å². The first-order valence-electron chi connectivity index (χ1n) is 5.87. The molecular weight excluding hydrogens is 270 g/mol. The zero-order chi connectivity index (χ0) is 14.4. The highest BCUT2D eigenvalue weighted by Gasteiger charge is 2.40. The third kappa shape index (κ3) is 1.78. The number of hydrogen-bond acceptors (Lipinski definition) is 8. The molecule has 0 saturated carbocycles. The van der Waals surface area contributed by atoms with Crippen LogP contribution in [0.25, 0.3) is 11.2 Å². The number of fused-ring (bicyclic) bond motifs is 1. The van der Waals surface area contributed by atoms with Crippen molar-refractivity contribution >= 4 is 17.1 Å². The Hall–Kier alpha value is -2.01. The number of imidazole rings is 1. The van der Waals surface area contributed by atoms with E-state index in [1.807, 2.05) is 0 Å². The number of anilines is 1. The van der Waals surface area contributed by atoms with Gasteiger partial charge in [0, 0.05) is 0 Å². The maximum atomic E-state index is 12.3. The van der Waals surface area contributed by atoms with Gasteiger partial charge in [0.15, 0.2) is 17.4 Å². The summed E-state index contributed by atoms with van der Waals surface area (Å²) in [6.07, 6.45) is -4.15. The standard InChI is InChI=1S/C10H13N5O5/c11-10-14-7-4(12-2-13-7)8(19)15(10)9-6(18)5(17)3(16)1-20-9/h2-3,5-6,9,16-18H,1H2,(H2,11,14)(H,12,13)/t3-,5-,6-,9-/m0/s1. The first-order chi connectivity index (χ1) is 9.50. The lowest BCUT2D eigenvalue weighted by Gasteiger charge is -2.36. The molecule has 3 heterocycles. The average Bonchev–Trinajstić information content (AvgIpc) is 2.87. The van der Waals surface area contributed by atoms with E-state index in [2.05, 4.69) is 15.0 Å². The van der Waals surface area contributed by atoms with Crippen molar-refractivity contribution in [3.05, 3.63) is 16.7 Å². The second-order valence-electron chi connectivity index (χ2n) is 4.52. The molecule has 2 aromatic rings. The van der Waals surface area contributed by atoms with Crippen molar-refractivity contribution in [3.63, 3.8) is 0 Å². The Balaban J connectivity index is 2.12. The normalized spacial score (nSPS) is 30.8. The van der Waals surface area contributed by atoms with Gasteiger partial charge >= 0.3 is 0 Å². The van der Waals surface area contributed by atoms with E-state index in [0.29, 0.717) is 0 Å². The molecule has 0 amide bonds. The number of nitrogens with two attached hydrogens (primary N) is 1. The van der Waals surface area contributed by atoms with E-state index < -0.39 is 30.1 Å². The van der Waals surface area contributed by atoms with Crippen molar-refractivity contribution in [1.29, 1.82) is 0 Å². The van der Waals surface area contributed by atoms with Gasteiger partial charge in [-0.1, -0.05) is 0 Å². The number of aliphatic hydroxyl groups excluding tert-OH is 3. The third-order valence-corrected chi connectivity index (χ3v) is 3.24. The van der Waals surface area contributed by atoms with Crippen LogP contribution in [0.4, 0.5) is 5.95 Å². The molecule has 0 spiro atoms. The topological polar surface area (TPSA) is 160 Å². The maximum absolute atomic E-state index is 12.3. The van der Waals surface area contributed by atoms with Gasteiger partial charge in [-0.15, -0.1) is 0 Å². The lowest BCUT2D eigenvalue weighted by Crippen LogP contribution is -2.52. The molecule has 4 atom stereocenters. The summed E-state index contributed by atoms with van der Waals surface area (Å²) in [6, 6.07) is 0. The lowest BCUT2D eigenvalue weighted by molar-refractivity contribution is -0.211. The van der Waals surface area contributed by atoms with E-state index >= 15 is 0 Å². The second kappa shape index (κ2) is 4.52. The van der Waals surface area contributed by atoms with E-state index in [1.54, 1.807) is 0 Å². The highest BCUT2D eigenvalue weighted by Crippen LogP contribution is 2.24. The van der Waals surface area contributed by atoms with Crippen molar-refractivity contribution in [1.82, 2.24) is 19.5 Å². The molecule has 1 aliphatic heterocycles. The first-order valence-corrected chi connectivity index (χ1v) is 5.87. The predicted octanol–water partition coefficient (Wildman–Crippen LogP) is -2.69. The first kappa shape index (κ1) is 13.0. The van der Waals surface area contributed by atoms with Crippen molar-refractivity contribution in [2.45, 2.75) is 24.5 Å². The minimum absolute atomic E-state index is 0.0376. The third-order valence-electron chi connectivity index (χ3n) is 3.24. The number of ether oxygens (including phenoxy) is 1. The van der Waals surface area contributed by atoms with E-state index in [-0.39, 0.29) is 23.7 Å². The SMILES string of the molecule is Nc1nc2[nH]cnc2c(=O)n1[C@H]1OC[C@H](O)[C@H](O)[C@@H]1O. The van der Waals surface area contributed by atoms with E-state index in [9.17, 15) is 20.1 Å². The summed E-state index contributed by atoms with van der Waals surface area (Å²) >= 11 is 0. The van der Waals surface area contributed by atoms with Crippen molar-refractivity contribution in [3.8, 4) is 0 Å². The van der Waals surface area contributed by atoms with Crippen LogP contribution in [0.15, 0.2) is 11.1 Å². The monoisotopic (exact) mass is 283 g/mol. The van der Waals surface area contributed by atoms with Crippen LogP contribution in [0.2, 0.25) is 0 Å². The van der Waals surface area contributed by atoms with Crippen molar-refractivity contribution in [2.75, 3.05) is 12.3 Å². The Kier molecular flexibility index (Phi) is 2.94. The highest BCUT2D eigenvalue weighted by molar-refractivity contribution is 5.69. The van der Waals surface area contributed by atoms with Crippen LogP contribution in [0.1, 0.15) is 6.23 Å². The number of hydrogen-bond donors (Lipinski definition) is 5. The summed E-state index contributed by atoms with van der Waals surface area (Å²) in [5, 5.41) is 29.0. The molecule has 0 bridgehead atoms. The van der Waals surface area contributed by atoms with Crippen LogP contribution in [0.5, 0.6) is 0 Å². The van der Waals surface area contributed by atoms with Gasteiger partial charge < -0.3 is 30.8 Å². The van der Waals surface area contributed by atoms with Gasteiger partial charge in [-0.05, 0) is 0 Å². The zero-order valence-corrected chi connectivity index (χ0v) is 10.2. The molecule has 10 heteroatoms. The number of nitrogens with zero attached hydrogens (tertiary/aromatic N) is 3. The largest absolute Gasteiger partial charge is 0.388 e. The number of aromatic amines is 1. The fourth-order valence-corrected chi connectivity index (χ4v) is 2.18. The molecule has 1 aliphatic rings. The summed E-state index contributed by atoms with van der Waals surface area (Å²) in [7, 11) is 0. The van der Waals surface area contributed by atoms with E-state index in [0.717, 1.165) is 4.57 Å². The van der Waals surface area contributed by atoms with Crippen LogP contribution in [0.3, 0.4) is 0 Å². The molecule has 20 heavy (non-hydrogen) atoms. The molecule has 0 aliphatic carbocycles. The van der Waals surface area contributed by atoms with E-state index in [1.165, 1.54) is 6.33 Å². The molecule has 10 nitrogen and oxygen atoms in total. The smallest absolute Gasteiger partial charge is 0.285 e. The molecular formula is C10H13N5O5. The minimum atomic E-state index is -1.52. The van der Waals surface area contributed by atoms with Gasteiger partial charge in [0.25, 0.3) is 5.56 Å². The summed E-state index contributed by atoms with van der Waals surface area (Å²) in [4.78, 5) is 22.7. The zero-order valence-electron chi connectivity index (χ0n) is 10.2. The van der Waals surface area contributed by atoms with Gasteiger partial charge in [-0.3, -0.25) is 4.79 Å². The van der Waals surface area contributed by atoms with E-state index in [4.69, 9.17) is 10.5 Å². The Morgan fingerprint density at radius 1 is 1.40 bits per heavy atom. The molecule has 3 rings (SSSR count). The van der Waals surface area contributed by atoms with Gasteiger partial charge in [0.2, 0.25) is 5.95 Å². The molecule has 0 unspecified atom stereocenters. The number of nitrogens with one attached hydrogen (secondary N) is 1. The molecule has 1 saturated heterocycles. The Morgan fingerprint density at radius 3 is 2.90 bits per heavy atom. The van der Waals surface area contributed by atoms with Crippen LogP contribution in [-0.4, -0.2) is 59.8 Å². The summed E-state index contributed by atoms with van der Waals surface area (Å²) in [5.74, 6) is -0.195. The molecule has 0 aromatic carbocycles. The number of nitrogen functional groups attached to an aromatic ring is 1. The Labute approximate surface area is 111 Å². The number of aromatic nitrogens is 4. The summed E-state index contributed by atoms with van der Waals surface area (Å²) < 4.78 is 6.10. The minimum Gasteiger partial charge on any atom is -0.388 e. The van der Waals surface area contributed by atoms with Gasteiger partial charge in [-0.2, -0.15) is 4.98 Å². The maximum Gasteiger partial charge on any atom is 0.285 e. The summed E-state index contributed by atoms with van der Waals surface area (Å²) in [6.45, 7) is -0.243. The van der Waals surface area contributed by atoms with Crippen LogP contribution in [-0.2, 0) is 4.74 Å². The number of aliphatic hydroxyl groups is 3. The quantitative estimate of drug-likeness (QED) is 0.378. The molecule has 0 radical (unpaired) electrons. The number of H-pyrrole nitrogens is 1. The van der Waals surface area contributed by atoms with Gasteiger partial charge in [0.1, 0.15) is 18.3 Å². The van der Waals surface area contributed by atoms with Gasteiger partial charge in [-0.25, -0.2) is 9.55 Å². The highest BCUT2D eigenvalue weighted by atomic mass is 16.5. The van der Waals surface area contributed by atoms with Crippen LogP contribution >= 0.6 is 0 Å². The molecule has 1 fully saturated rings. The predicted molar refractivity (Wildman–Crippen MR) is 65.6 cm³/mol. The summed E-state index contributed by atoms with van der Waals surface area (Å²) in [5.41, 5.74) is 5.33. The fraction of sp³-hybridized carbons (Fsp3) is 0.500. The van der Waals surface area contributed by atoms with Gasteiger partial charge in [0.05, 0.1) is 12.9 Å².